The van der Waals surface area contributed by atoms with Crippen LogP contribution in [0.4, 0.5) is 0 Å². The highest BCUT2D eigenvalue weighted by atomic mass is 35.5. The summed E-state index contributed by atoms with van der Waals surface area (Å²) in [5.41, 5.74) is 0.610. The van der Waals surface area contributed by atoms with Gasteiger partial charge in [-0.25, -0.2) is 0 Å². The fraction of sp³-hybridized carbons (Fsp3) is 0.111. The van der Waals surface area contributed by atoms with E-state index < -0.39 is 0 Å². The van der Waals surface area contributed by atoms with Crippen LogP contribution in [-0.4, -0.2) is 22.8 Å². The molecule has 0 radical (unpaired) electrons. The quantitative estimate of drug-likeness (QED) is 0.654. The molecular weight excluding hydrogens is 344 g/mol. The third-order valence-electron chi connectivity index (χ3n) is 3.34. The minimum absolute atomic E-state index is 0.0487. The summed E-state index contributed by atoms with van der Waals surface area (Å²) in [4.78, 5) is 19.2. The molecule has 0 saturated carbocycles. The molecule has 24 heavy (non-hydrogen) atoms. The number of thiophene rings is 1. The molecule has 3 aromatic rings. The molecule has 0 saturated heterocycles. The predicted octanol–water partition coefficient (Wildman–Crippen LogP) is 4.86. The number of pyridine rings is 1. The predicted molar refractivity (Wildman–Crippen MR) is 95.9 cm³/mol. The van der Waals surface area contributed by atoms with E-state index in [2.05, 4.69) is 4.98 Å². The van der Waals surface area contributed by atoms with Crippen LogP contribution in [0.2, 0.25) is 4.34 Å². The van der Waals surface area contributed by atoms with E-state index in [1.165, 1.54) is 11.3 Å². The monoisotopic (exact) mass is 358 g/mol. The topological polar surface area (TPSA) is 42.4 Å². The molecule has 2 aromatic heterocycles. The number of hydrogen-bond acceptors (Lipinski definition) is 4. The molecule has 0 aliphatic carbocycles. The van der Waals surface area contributed by atoms with Gasteiger partial charge in [0.25, 0.3) is 5.91 Å². The second-order valence-electron chi connectivity index (χ2n) is 5.18. The van der Waals surface area contributed by atoms with Crippen molar-refractivity contribution in [2.24, 2.45) is 0 Å². The lowest BCUT2D eigenvalue weighted by atomic mass is 10.2. The first-order valence-electron chi connectivity index (χ1n) is 7.29. The molecule has 0 fully saturated rings. The first-order valence-corrected chi connectivity index (χ1v) is 8.49. The molecule has 3 rings (SSSR count). The summed E-state index contributed by atoms with van der Waals surface area (Å²) in [5.74, 6) is 1.27. The highest BCUT2D eigenvalue weighted by Gasteiger charge is 2.13. The highest BCUT2D eigenvalue weighted by Crippen LogP contribution is 2.24. The van der Waals surface area contributed by atoms with Gasteiger partial charge in [0.05, 0.1) is 17.1 Å². The maximum Gasteiger partial charge on any atom is 0.253 e. The van der Waals surface area contributed by atoms with Crippen LogP contribution >= 0.6 is 22.9 Å². The summed E-state index contributed by atoms with van der Waals surface area (Å²) in [6.07, 6.45) is 3.32. The first-order chi connectivity index (χ1) is 11.6. The van der Waals surface area contributed by atoms with E-state index in [0.717, 1.165) is 9.21 Å². The van der Waals surface area contributed by atoms with Crippen molar-refractivity contribution in [3.63, 3.8) is 0 Å². The van der Waals surface area contributed by atoms with Crippen molar-refractivity contribution in [1.29, 1.82) is 0 Å². The fourth-order valence-electron chi connectivity index (χ4n) is 2.17. The van der Waals surface area contributed by atoms with Crippen molar-refractivity contribution in [3.8, 4) is 11.5 Å². The van der Waals surface area contributed by atoms with Gasteiger partial charge in [-0.3, -0.25) is 9.78 Å². The lowest BCUT2D eigenvalue weighted by Gasteiger charge is -2.16. The van der Waals surface area contributed by atoms with Crippen molar-refractivity contribution >= 4 is 28.8 Å². The molecular formula is C18H15ClN2O2S. The Bertz CT molecular complexity index is 819. The Morgan fingerprint density at radius 3 is 2.58 bits per heavy atom. The molecule has 0 aliphatic heterocycles. The van der Waals surface area contributed by atoms with Gasteiger partial charge in [-0.2, -0.15) is 0 Å². The maximum atomic E-state index is 12.5. The summed E-state index contributed by atoms with van der Waals surface area (Å²) >= 11 is 7.40. The van der Waals surface area contributed by atoms with Gasteiger partial charge in [0.15, 0.2) is 0 Å². The fourth-order valence-corrected chi connectivity index (χ4v) is 3.31. The summed E-state index contributed by atoms with van der Waals surface area (Å²) < 4.78 is 6.40. The molecule has 0 unspecified atom stereocenters. The van der Waals surface area contributed by atoms with Gasteiger partial charge in [-0.15, -0.1) is 11.3 Å². The minimum atomic E-state index is -0.0487. The van der Waals surface area contributed by atoms with Crippen molar-refractivity contribution < 1.29 is 9.53 Å². The minimum Gasteiger partial charge on any atom is -0.456 e. The Labute approximate surface area is 149 Å². The molecule has 0 spiro atoms. The van der Waals surface area contributed by atoms with Gasteiger partial charge in [-0.05, 0) is 48.5 Å². The van der Waals surface area contributed by atoms with Crippen LogP contribution in [0.3, 0.4) is 0 Å². The first kappa shape index (κ1) is 16.5. The van der Waals surface area contributed by atoms with E-state index in [4.69, 9.17) is 16.3 Å². The van der Waals surface area contributed by atoms with Gasteiger partial charge < -0.3 is 9.64 Å². The number of carbonyl (C=O) groups is 1. The second kappa shape index (κ2) is 7.47. The standard InChI is InChI=1S/C18H15ClN2O2S/c1-21(12-16-8-9-17(19)24-16)18(22)13-4-6-14(7-5-13)23-15-3-2-10-20-11-15/h2-11H,12H2,1H3. The Balaban J connectivity index is 1.65. The Hall–Kier alpha value is -2.37. The third-order valence-corrected chi connectivity index (χ3v) is 4.56. The molecule has 0 N–H and O–H groups in total. The molecule has 0 atom stereocenters. The average molecular weight is 359 g/mol. The van der Waals surface area contributed by atoms with Crippen LogP contribution in [0.25, 0.3) is 0 Å². The summed E-state index contributed by atoms with van der Waals surface area (Å²) in [6.45, 7) is 0.532. The van der Waals surface area contributed by atoms with Gasteiger partial charge in [0.1, 0.15) is 11.5 Å². The van der Waals surface area contributed by atoms with E-state index >= 15 is 0 Å². The number of carbonyl (C=O) groups excluding carboxylic acids is 1. The molecule has 2 heterocycles. The molecule has 4 nitrogen and oxygen atoms in total. The Morgan fingerprint density at radius 2 is 1.96 bits per heavy atom. The average Bonchev–Trinajstić information content (AvgIpc) is 3.00. The normalized spacial score (nSPS) is 10.4. The Kier molecular flexibility index (Phi) is 5.13. The van der Waals surface area contributed by atoms with Crippen molar-refractivity contribution in [2.75, 3.05) is 7.05 Å². The number of rotatable bonds is 5. The van der Waals surface area contributed by atoms with E-state index in [1.54, 1.807) is 54.7 Å². The molecule has 1 aromatic carbocycles. The van der Waals surface area contributed by atoms with Crippen molar-refractivity contribution in [2.45, 2.75) is 6.54 Å². The zero-order valence-corrected chi connectivity index (χ0v) is 14.6. The second-order valence-corrected chi connectivity index (χ2v) is 6.98. The van der Waals surface area contributed by atoms with E-state index in [0.29, 0.717) is 23.6 Å². The van der Waals surface area contributed by atoms with E-state index in [-0.39, 0.29) is 5.91 Å². The summed E-state index contributed by atoms with van der Waals surface area (Å²) in [5, 5.41) is 0. The number of ether oxygens (including phenoxy) is 1. The van der Waals surface area contributed by atoms with Gasteiger partial charge in [-0.1, -0.05) is 11.6 Å². The summed E-state index contributed by atoms with van der Waals surface area (Å²) in [7, 11) is 1.77. The van der Waals surface area contributed by atoms with Crippen LogP contribution in [0.5, 0.6) is 11.5 Å². The number of nitrogens with zero attached hydrogens (tertiary/aromatic N) is 2. The number of aromatic nitrogens is 1. The number of amides is 1. The highest BCUT2D eigenvalue weighted by molar-refractivity contribution is 7.16. The van der Waals surface area contributed by atoms with Gasteiger partial charge in [0, 0.05) is 23.7 Å². The number of halogens is 1. The SMILES string of the molecule is CN(Cc1ccc(Cl)s1)C(=O)c1ccc(Oc2cccnc2)cc1. The van der Waals surface area contributed by atoms with Crippen LogP contribution < -0.4 is 4.74 Å². The van der Waals surface area contributed by atoms with Crippen LogP contribution in [0, 0.1) is 0 Å². The Morgan fingerprint density at radius 1 is 1.17 bits per heavy atom. The summed E-state index contributed by atoms with van der Waals surface area (Å²) in [6, 6.07) is 14.5. The zero-order valence-electron chi connectivity index (χ0n) is 13.0. The van der Waals surface area contributed by atoms with Crippen LogP contribution in [0.1, 0.15) is 15.2 Å². The van der Waals surface area contributed by atoms with Crippen LogP contribution in [-0.2, 0) is 6.54 Å². The molecule has 122 valence electrons. The van der Waals surface area contributed by atoms with Gasteiger partial charge in [0.2, 0.25) is 0 Å². The lowest BCUT2D eigenvalue weighted by Crippen LogP contribution is -2.25. The largest absolute Gasteiger partial charge is 0.456 e. The van der Waals surface area contributed by atoms with Gasteiger partial charge >= 0.3 is 0 Å². The molecule has 6 heteroatoms. The lowest BCUT2D eigenvalue weighted by molar-refractivity contribution is 0.0786. The van der Waals surface area contributed by atoms with Crippen LogP contribution in [0.15, 0.2) is 60.9 Å². The number of hydrogen-bond donors (Lipinski definition) is 0. The van der Waals surface area contributed by atoms with Crippen molar-refractivity contribution in [3.05, 3.63) is 75.7 Å². The van der Waals surface area contributed by atoms with E-state index in [1.807, 2.05) is 18.2 Å². The van der Waals surface area contributed by atoms with Crippen molar-refractivity contribution in [1.82, 2.24) is 9.88 Å². The maximum absolute atomic E-state index is 12.5. The molecule has 0 aliphatic rings. The molecule has 1 amide bonds. The number of benzene rings is 1. The smallest absolute Gasteiger partial charge is 0.253 e. The third kappa shape index (κ3) is 4.13. The van der Waals surface area contributed by atoms with E-state index in [9.17, 15) is 4.79 Å². The zero-order chi connectivity index (χ0) is 16.9. The molecule has 0 bridgehead atoms.